The quantitative estimate of drug-likeness (QED) is 0.624. The first-order valence-electron chi connectivity index (χ1n) is 8.38. The molecule has 0 spiro atoms. The maximum Gasteiger partial charge on any atom is 0.339 e. The molecule has 2 aromatic carbocycles. The molecule has 25 heavy (non-hydrogen) atoms. The van der Waals surface area contributed by atoms with Crippen LogP contribution in [0.15, 0.2) is 48.5 Å². The van der Waals surface area contributed by atoms with Crippen LogP contribution in [0.3, 0.4) is 0 Å². The highest BCUT2D eigenvalue weighted by molar-refractivity contribution is 5.82. The third kappa shape index (κ3) is 3.40. The van der Waals surface area contributed by atoms with Crippen molar-refractivity contribution >= 4 is 5.97 Å². The second-order valence-electron chi connectivity index (χ2n) is 7.36. The van der Waals surface area contributed by atoms with Gasteiger partial charge in [-0.25, -0.2) is 4.79 Å². The predicted octanol–water partition coefficient (Wildman–Crippen LogP) is 3.99. The lowest BCUT2D eigenvalue weighted by atomic mass is 9.87. The summed E-state index contributed by atoms with van der Waals surface area (Å²) < 4.78 is 16.8. The first-order chi connectivity index (χ1) is 11.8. The fourth-order valence-electron chi connectivity index (χ4n) is 2.97. The molecule has 1 aliphatic heterocycles. The van der Waals surface area contributed by atoms with Crippen LogP contribution in [-0.2, 0) is 19.9 Å². The van der Waals surface area contributed by atoms with E-state index in [4.69, 9.17) is 14.2 Å². The van der Waals surface area contributed by atoms with Gasteiger partial charge in [-0.3, -0.25) is 0 Å². The predicted molar refractivity (Wildman–Crippen MR) is 95.7 cm³/mol. The fraction of sp³-hybridized carbons (Fsp3) is 0.381. The van der Waals surface area contributed by atoms with Gasteiger partial charge in [-0.1, -0.05) is 42.0 Å². The Kier molecular flexibility index (Phi) is 4.33. The topological polar surface area (TPSA) is 48.1 Å². The van der Waals surface area contributed by atoms with Crippen molar-refractivity contribution in [3.05, 3.63) is 65.2 Å². The summed E-state index contributed by atoms with van der Waals surface area (Å²) >= 11 is 0. The molecule has 0 aromatic heterocycles. The minimum Gasteiger partial charge on any atom is -0.497 e. The van der Waals surface area contributed by atoms with Crippen molar-refractivity contribution in [3.8, 4) is 5.75 Å². The summed E-state index contributed by atoms with van der Waals surface area (Å²) in [6.45, 7) is 7.60. The van der Waals surface area contributed by atoms with Crippen LogP contribution in [0.2, 0.25) is 0 Å². The Morgan fingerprint density at radius 2 is 1.52 bits per heavy atom. The lowest BCUT2D eigenvalue weighted by Gasteiger charge is -2.20. The number of rotatable bonds is 4. The number of methoxy groups -OCH3 is 1. The number of benzene rings is 2. The number of esters is 1. The van der Waals surface area contributed by atoms with E-state index in [2.05, 4.69) is 0 Å². The Balaban J connectivity index is 1.99. The van der Waals surface area contributed by atoms with Gasteiger partial charge in [0, 0.05) is 0 Å². The third-order valence-corrected chi connectivity index (χ3v) is 4.24. The summed E-state index contributed by atoms with van der Waals surface area (Å²) in [6, 6.07) is 15.7. The first-order valence-corrected chi connectivity index (χ1v) is 8.38. The summed E-state index contributed by atoms with van der Waals surface area (Å²) in [4.78, 5) is 12.6. The van der Waals surface area contributed by atoms with Crippen LogP contribution in [0.4, 0.5) is 0 Å². The molecule has 1 fully saturated rings. The molecule has 0 bridgehead atoms. The van der Waals surface area contributed by atoms with E-state index in [-0.39, 0.29) is 5.97 Å². The van der Waals surface area contributed by atoms with E-state index in [1.165, 1.54) is 0 Å². The second kappa shape index (κ2) is 6.19. The number of carbonyl (C=O) groups excluding carboxylic acids is 1. The van der Waals surface area contributed by atoms with E-state index in [0.717, 1.165) is 22.4 Å². The molecule has 2 aromatic rings. The lowest BCUT2D eigenvalue weighted by Crippen LogP contribution is -2.30. The molecule has 0 aliphatic carbocycles. The van der Waals surface area contributed by atoms with Crippen molar-refractivity contribution < 1.29 is 19.0 Å². The molecule has 4 heteroatoms. The summed E-state index contributed by atoms with van der Waals surface area (Å²) in [6.07, 6.45) is -0.650. The van der Waals surface area contributed by atoms with Crippen LogP contribution in [0.25, 0.3) is 0 Å². The largest absolute Gasteiger partial charge is 0.497 e. The molecule has 132 valence electrons. The molecular weight excluding hydrogens is 316 g/mol. The standard InChI is InChI=1S/C21H24O4/c1-14-6-8-15(9-7-14)21(16-10-12-17(23-5)13-11-16)18(24-21)19(22)25-20(2,3)4/h6-13,18H,1-5H3. The molecule has 1 aliphatic rings. The van der Waals surface area contributed by atoms with E-state index in [0.29, 0.717) is 0 Å². The highest BCUT2D eigenvalue weighted by Gasteiger charge is 2.64. The summed E-state index contributed by atoms with van der Waals surface area (Å²) in [5.41, 5.74) is 1.65. The van der Waals surface area contributed by atoms with Gasteiger partial charge in [0.15, 0.2) is 11.7 Å². The molecule has 3 rings (SSSR count). The van der Waals surface area contributed by atoms with Gasteiger partial charge in [-0.05, 0) is 51.0 Å². The number of epoxide rings is 1. The van der Waals surface area contributed by atoms with Crippen LogP contribution >= 0.6 is 0 Å². The molecule has 2 unspecified atom stereocenters. The van der Waals surface area contributed by atoms with E-state index < -0.39 is 17.3 Å². The normalized spacial score (nSPS) is 22.4. The molecule has 0 amide bonds. The van der Waals surface area contributed by atoms with Crippen molar-refractivity contribution in [2.75, 3.05) is 7.11 Å². The molecule has 0 saturated carbocycles. The molecular formula is C21H24O4. The fourth-order valence-corrected chi connectivity index (χ4v) is 2.97. The third-order valence-electron chi connectivity index (χ3n) is 4.24. The highest BCUT2D eigenvalue weighted by atomic mass is 16.7. The first kappa shape index (κ1) is 17.5. The van der Waals surface area contributed by atoms with Crippen LogP contribution in [0.1, 0.15) is 37.5 Å². The molecule has 0 radical (unpaired) electrons. The molecule has 2 atom stereocenters. The van der Waals surface area contributed by atoms with Gasteiger partial charge in [0.1, 0.15) is 11.4 Å². The maximum absolute atomic E-state index is 12.6. The molecule has 1 heterocycles. The van der Waals surface area contributed by atoms with Gasteiger partial charge in [0.2, 0.25) is 0 Å². The zero-order chi connectivity index (χ0) is 18.2. The number of carbonyl (C=O) groups is 1. The lowest BCUT2D eigenvalue weighted by molar-refractivity contribution is -0.156. The smallest absolute Gasteiger partial charge is 0.339 e. The maximum atomic E-state index is 12.6. The minimum atomic E-state index is -0.803. The van der Waals surface area contributed by atoms with Crippen molar-refractivity contribution in [3.63, 3.8) is 0 Å². The number of hydrogen-bond donors (Lipinski definition) is 0. The minimum absolute atomic E-state index is 0.344. The average molecular weight is 340 g/mol. The van der Waals surface area contributed by atoms with Gasteiger partial charge >= 0.3 is 5.97 Å². The Hall–Kier alpha value is -2.33. The summed E-state index contributed by atoms with van der Waals surface area (Å²) in [5.74, 6) is 0.418. The molecule has 4 nitrogen and oxygen atoms in total. The number of hydrogen-bond acceptors (Lipinski definition) is 4. The van der Waals surface area contributed by atoms with Gasteiger partial charge in [0.05, 0.1) is 7.11 Å². The Bertz CT molecular complexity index is 756. The zero-order valence-corrected chi connectivity index (χ0v) is 15.3. The number of aryl methyl sites for hydroxylation is 1. The highest BCUT2D eigenvalue weighted by Crippen LogP contribution is 2.52. The number of ether oxygens (including phenoxy) is 3. The van der Waals surface area contributed by atoms with E-state index in [9.17, 15) is 4.79 Å². The zero-order valence-electron chi connectivity index (χ0n) is 15.3. The van der Waals surface area contributed by atoms with Crippen molar-refractivity contribution in [1.82, 2.24) is 0 Å². The van der Waals surface area contributed by atoms with Crippen LogP contribution in [-0.4, -0.2) is 24.8 Å². The molecule has 0 N–H and O–H groups in total. The van der Waals surface area contributed by atoms with Crippen molar-refractivity contribution in [1.29, 1.82) is 0 Å². The van der Waals surface area contributed by atoms with E-state index in [1.807, 2.05) is 76.2 Å². The van der Waals surface area contributed by atoms with Crippen LogP contribution in [0, 0.1) is 6.92 Å². The van der Waals surface area contributed by atoms with Gasteiger partial charge in [-0.15, -0.1) is 0 Å². The van der Waals surface area contributed by atoms with Crippen molar-refractivity contribution in [2.45, 2.75) is 45.0 Å². The molecule has 1 saturated heterocycles. The van der Waals surface area contributed by atoms with Gasteiger partial charge < -0.3 is 14.2 Å². The van der Waals surface area contributed by atoms with E-state index in [1.54, 1.807) is 7.11 Å². The Morgan fingerprint density at radius 3 is 2.00 bits per heavy atom. The van der Waals surface area contributed by atoms with Crippen LogP contribution in [0.5, 0.6) is 5.75 Å². The van der Waals surface area contributed by atoms with Gasteiger partial charge in [-0.2, -0.15) is 0 Å². The Labute approximate surface area is 148 Å². The van der Waals surface area contributed by atoms with Crippen molar-refractivity contribution in [2.24, 2.45) is 0 Å². The summed E-state index contributed by atoms with van der Waals surface area (Å²) in [5, 5.41) is 0. The van der Waals surface area contributed by atoms with Crippen LogP contribution < -0.4 is 4.74 Å². The SMILES string of the molecule is COc1ccc(C2(c3ccc(C)cc3)OC2C(=O)OC(C)(C)C)cc1. The second-order valence-corrected chi connectivity index (χ2v) is 7.36. The van der Waals surface area contributed by atoms with E-state index >= 15 is 0 Å². The van der Waals surface area contributed by atoms with Gasteiger partial charge in [0.25, 0.3) is 0 Å². The Morgan fingerprint density at radius 1 is 1.00 bits per heavy atom. The summed E-state index contributed by atoms with van der Waals surface area (Å²) in [7, 11) is 1.63. The average Bonchev–Trinajstić information content (AvgIpc) is 3.31. The monoisotopic (exact) mass is 340 g/mol.